The molecule has 1 aliphatic heterocycles. The zero-order valence-corrected chi connectivity index (χ0v) is 17.4. The van der Waals surface area contributed by atoms with Crippen LogP contribution in [0.4, 0.5) is 0 Å². The standard InChI is InChI=1S/C10H17N2O15P3/c1-12-2-4(9(15)11-10(12)16)8-7(14)6(13)5(25-8)3-24-29(20,21)27-30(22,23)26-28(17,18)19/h2,5-8,13-14H,3H2,1H3,(H,20,21)(H,22,23)(H,11,15,16)(H2,17,18,19)/t5-,6+,7+,8+/m1/s1. The molecule has 20 heteroatoms. The highest BCUT2D eigenvalue weighted by Gasteiger charge is 2.47. The molecule has 1 aliphatic rings. The van der Waals surface area contributed by atoms with E-state index in [1.807, 2.05) is 4.98 Å². The number of ether oxygens (including phenoxy) is 1. The second-order valence-corrected chi connectivity index (χ2v) is 10.3. The first kappa shape index (κ1) is 25.2. The first-order valence-corrected chi connectivity index (χ1v) is 12.1. The van der Waals surface area contributed by atoms with Gasteiger partial charge in [-0.05, 0) is 0 Å². The summed E-state index contributed by atoms with van der Waals surface area (Å²) in [6, 6.07) is 0. The van der Waals surface area contributed by atoms with E-state index in [2.05, 4.69) is 13.1 Å². The van der Waals surface area contributed by atoms with Crippen molar-refractivity contribution in [3.05, 3.63) is 32.6 Å². The van der Waals surface area contributed by atoms with E-state index in [0.29, 0.717) is 0 Å². The average molecular weight is 498 g/mol. The number of aromatic amines is 1. The molecule has 0 radical (unpaired) electrons. The van der Waals surface area contributed by atoms with Crippen molar-refractivity contribution in [1.82, 2.24) is 9.55 Å². The molecule has 0 spiro atoms. The molecular weight excluding hydrogens is 481 g/mol. The maximum atomic E-state index is 11.9. The summed E-state index contributed by atoms with van der Waals surface area (Å²) in [5.74, 6) is 0. The molecule has 6 atom stereocenters. The maximum absolute atomic E-state index is 11.9. The van der Waals surface area contributed by atoms with Crippen molar-refractivity contribution in [3.8, 4) is 0 Å². The third-order valence-corrected chi connectivity index (χ3v) is 7.43. The summed E-state index contributed by atoms with van der Waals surface area (Å²) in [7, 11) is -15.5. The van der Waals surface area contributed by atoms with Crippen LogP contribution < -0.4 is 11.2 Å². The smallest absolute Gasteiger partial charge is 0.387 e. The van der Waals surface area contributed by atoms with Gasteiger partial charge in [0.05, 0.1) is 12.2 Å². The van der Waals surface area contributed by atoms with Crippen LogP contribution in [0.15, 0.2) is 15.8 Å². The van der Waals surface area contributed by atoms with Crippen LogP contribution in [0.1, 0.15) is 11.7 Å². The van der Waals surface area contributed by atoms with Gasteiger partial charge in [-0.3, -0.25) is 14.3 Å². The third kappa shape index (κ3) is 6.48. The van der Waals surface area contributed by atoms with Gasteiger partial charge in [0.1, 0.15) is 24.4 Å². The third-order valence-electron chi connectivity index (χ3n) is 3.62. The zero-order valence-electron chi connectivity index (χ0n) is 14.7. The number of phosphoric ester groups is 1. The van der Waals surface area contributed by atoms with Crippen molar-refractivity contribution >= 4 is 23.5 Å². The van der Waals surface area contributed by atoms with Crippen molar-refractivity contribution in [3.63, 3.8) is 0 Å². The van der Waals surface area contributed by atoms with Crippen LogP contribution in [0.2, 0.25) is 0 Å². The quantitative estimate of drug-likeness (QED) is 0.184. The van der Waals surface area contributed by atoms with Gasteiger partial charge in [-0.25, -0.2) is 18.5 Å². The molecule has 1 aromatic heterocycles. The molecule has 1 saturated heterocycles. The number of aryl methyl sites for hydroxylation is 1. The molecule has 2 heterocycles. The van der Waals surface area contributed by atoms with E-state index in [9.17, 15) is 38.4 Å². The molecule has 7 N–H and O–H groups in total. The molecule has 1 aromatic rings. The number of rotatable bonds is 8. The number of phosphoric acid groups is 3. The van der Waals surface area contributed by atoms with Crippen LogP contribution in [0.25, 0.3) is 0 Å². The largest absolute Gasteiger partial charge is 0.490 e. The minimum atomic E-state index is -5.73. The van der Waals surface area contributed by atoms with Gasteiger partial charge in [0.15, 0.2) is 0 Å². The Morgan fingerprint density at radius 1 is 1.07 bits per heavy atom. The van der Waals surface area contributed by atoms with Crippen molar-refractivity contribution in [2.75, 3.05) is 6.61 Å². The molecule has 2 rings (SSSR count). The lowest BCUT2D eigenvalue weighted by atomic mass is 10.0. The van der Waals surface area contributed by atoms with E-state index >= 15 is 0 Å². The normalized spacial score (nSPS) is 28.8. The Hall–Kier alpha value is -1.03. The molecule has 0 aromatic carbocycles. The summed E-state index contributed by atoms with van der Waals surface area (Å²) in [4.78, 5) is 60.6. The Labute approximate surface area is 165 Å². The summed E-state index contributed by atoms with van der Waals surface area (Å²) in [6.45, 7) is -1.04. The number of aromatic nitrogens is 2. The lowest BCUT2D eigenvalue weighted by Gasteiger charge is -2.19. The highest BCUT2D eigenvalue weighted by Crippen LogP contribution is 2.66. The van der Waals surface area contributed by atoms with Crippen LogP contribution >= 0.6 is 23.5 Å². The Morgan fingerprint density at radius 2 is 1.67 bits per heavy atom. The second-order valence-electron chi connectivity index (χ2n) is 5.92. The predicted molar refractivity (Wildman–Crippen MR) is 91.7 cm³/mol. The van der Waals surface area contributed by atoms with Crippen molar-refractivity contribution < 1.29 is 61.4 Å². The van der Waals surface area contributed by atoms with E-state index in [4.69, 9.17) is 19.4 Å². The number of aliphatic hydroxyl groups is 2. The summed E-state index contributed by atoms with van der Waals surface area (Å²) in [5, 5.41) is 20.1. The number of hydrogen-bond donors (Lipinski definition) is 7. The summed E-state index contributed by atoms with van der Waals surface area (Å²) in [5.41, 5.74) is -1.95. The lowest BCUT2D eigenvalue weighted by Crippen LogP contribution is -2.35. The predicted octanol–water partition coefficient (Wildman–Crippen LogP) is -2.42. The van der Waals surface area contributed by atoms with Gasteiger partial charge in [0, 0.05) is 13.2 Å². The van der Waals surface area contributed by atoms with Gasteiger partial charge >= 0.3 is 29.2 Å². The number of nitrogens with one attached hydrogen (secondary N) is 1. The second kappa shape index (κ2) is 8.84. The highest BCUT2D eigenvalue weighted by atomic mass is 31.3. The SMILES string of the molecule is Cn1cc([C@@H]2O[C@H](COP(=O)(O)OP(=O)(O)OP(=O)(O)O)[C@H](O)[C@@H]2O)c(=O)[nH]c1=O. The topological polar surface area (TPSA) is 264 Å². The van der Waals surface area contributed by atoms with Crippen LogP contribution in [0.5, 0.6) is 0 Å². The molecule has 2 unspecified atom stereocenters. The van der Waals surface area contributed by atoms with E-state index in [-0.39, 0.29) is 5.56 Å². The molecule has 17 nitrogen and oxygen atoms in total. The number of hydrogen-bond acceptors (Lipinski definition) is 11. The van der Waals surface area contributed by atoms with Crippen molar-refractivity contribution in [2.45, 2.75) is 24.4 Å². The molecule has 0 amide bonds. The van der Waals surface area contributed by atoms with E-state index in [1.165, 1.54) is 7.05 Å². The molecular formula is C10H17N2O15P3. The number of aliphatic hydroxyl groups excluding tert-OH is 2. The maximum Gasteiger partial charge on any atom is 0.490 e. The zero-order chi connectivity index (χ0) is 23.1. The first-order valence-electron chi connectivity index (χ1n) is 7.61. The van der Waals surface area contributed by atoms with E-state index in [0.717, 1.165) is 10.8 Å². The number of nitrogens with zero attached hydrogens (tertiary/aromatic N) is 1. The fraction of sp³-hybridized carbons (Fsp3) is 0.600. The molecule has 1 fully saturated rings. The molecule has 30 heavy (non-hydrogen) atoms. The monoisotopic (exact) mass is 498 g/mol. The van der Waals surface area contributed by atoms with E-state index < -0.39 is 65.7 Å². The van der Waals surface area contributed by atoms with Crippen LogP contribution in [0.3, 0.4) is 0 Å². The Kier molecular flexibility index (Phi) is 7.44. The summed E-state index contributed by atoms with van der Waals surface area (Å²) in [6.07, 6.45) is -5.53. The van der Waals surface area contributed by atoms with Crippen LogP contribution in [-0.2, 0) is 38.6 Å². The van der Waals surface area contributed by atoms with Crippen LogP contribution in [0, 0.1) is 0 Å². The van der Waals surface area contributed by atoms with Gasteiger partial charge in [0.25, 0.3) is 5.56 Å². The van der Waals surface area contributed by atoms with Crippen molar-refractivity contribution in [1.29, 1.82) is 0 Å². The average Bonchev–Trinajstić information content (AvgIpc) is 2.81. The van der Waals surface area contributed by atoms with Gasteiger partial charge in [-0.2, -0.15) is 8.62 Å². The van der Waals surface area contributed by atoms with Gasteiger partial charge < -0.3 is 39.1 Å². The Balaban J connectivity index is 2.09. The van der Waals surface area contributed by atoms with Crippen molar-refractivity contribution in [2.24, 2.45) is 7.05 Å². The lowest BCUT2D eigenvalue weighted by molar-refractivity contribution is -0.0228. The van der Waals surface area contributed by atoms with E-state index in [1.54, 1.807) is 0 Å². The molecule has 0 saturated carbocycles. The van der Waals surface area contributed by atoms with Gasteiger partial charge in [-0.15, -0.1) is 0 Å². The Bertz CT molecular complexity index is 1040. The minimum Gasteiger partial charge on any atom is -0.387 e. The minimum absolute atomic E-state index is 0.260. The first-order chi connectivity index (χ1) is 13.5. The highest BCUT2D eigenvalue weighted by molar-refractivity contribution is 7.66. The Morgan fingerprint density at radius 3 is 2.23 bits per heavy atom. The molecule has 0 aliphatic carbocycles. The summed E-state index contributed by atoms with van der Waals surface area (Å²) < 4.78 is 51.1. The van der Waals surface area contributed by atoms with Gasteiger partial charge in [0.2, 0.25) is 0 Å². The molecule has 0 bridgehead atoms. The number of H-pyrrole nitrogens is 1. The fourth-order valence-corrected chi connectivity index (χ4v) is 5.43. The summed E-state index contributed by atoms with van der Waals surface area (Å²) >= 11 is 0. The fourth-order valence-electron chi connectivity index (χ4n) is 2.40. The molecule has 172 valence electrons. The van der Waals surface area contributed by atoms with Crippen LogP contribution in [-0.4, -0.2) is 64.3 Å². The van der Waals surface area contributed by atoms with Gasteiger partial charge in [-0.1, -0.05) is 0 Å².